The predicted octanol–water partition coefficient (Wildman–Crippen LogP) is 3.56. The van der Waals surface area contributed by atoms with Gasteiger partial charge in [0.15, 0.2) is 0 Å². The second kappa shape index (κ2) is 10.1. The third-order valence-corrected chi connectivity index (χ3v) is 4.90. The van der Waals surface area contributed by atoms with Gasteiger partial charge in [0.05, 0.1) is 5.69 Å². The molecule has 0 aliphatic heterocycles. The Bertz CT molecular complexity index is 1260. The van der Waals surface area contributed by atoms with Gasteiger partial charge in [-0.1, -0.05) is 0 Å². The number of H-pyrrole nitrogens is 2. The minimum atomic E-state index is -4.91. The summed E-state index contributed by atoms with van der Waals surface area (Å²) in [6.45, 7) is 0. The molecule has 0 aliphatic carbocycles. The van der Waals surface area contributed by atoms with Crippen LogP contribution in [0.5, 0.6) is 0 Å². The molecule has 194 valence electrons. The summed E-state index contributed by atoms with van der Waals surface area (Å²) >= 11 is 11.0. The molecule has 2 aromatic heterocycles. The highest BCUT2D eigenvalue weighted by Gasteiger charge is 2.58. The highest BCUT2D eigenvalue weighted by molar-refractivity contribution is 9.10. The van der Waals surface area contributed by atoms with Crippen molar-refractivity contribution in [1.29, 1.82) is 0 Å². The van der Waals surface area contributed by atoms with E-state index in [9.17, 15) is 54.3 Å². The van der Waals surface area contributed by atoms with E-state index in [4.69, 9.17) is 11.5 Å². The summed E-state index contributed by atoms with van der Waals surface area (Å²) in [4.78, 5) is 46.5. The highest BCUT2D eigenvalue weighted by atomic mass is 79.9. The van der Waals surface area contributed by atoms with Gasteiger partial charge in [-0.05, 0) is 57.3 Å². The third-order valence-electron chi connectivity index (χ3n) is 3.80. The Balaban J connectivity index is 0.000000351. The van der Waals surface area contributed by atoms with Crippen molar-refractivity contribution >= 4 is 50.9 Å². The third kappa shape index (κ3) is 6.52. The maximum Gasteiger partial charge on any atom is 0.390 e. The Morgan fingerprint density at radius 2 is 1.20 bits per heavy atom. The van der Waals surface area contributed by atoms with Gasteiger partial charge < -0.3 is 21.4 Å². The SMILES string of the molecule is NC(=O)c1cc(Br)c(C(F)(F)C(F)(F)Cl)[nH]c1=O.NC(=O)c1ccc(C(F)(F)C(F)(F)Cl)[nH]c1=O. The van der Waals surface area contributed by atoms with E-state index in [2.05, 4.69) is 39.1 Å². The molecular formula is C16H9BrCl2F8N4O4. The summed E-state index contributed by atoms with van der Waals surface area (Å²) in [6, 6.07) is 1.68. The van der Waals surface area contributed by atoms with E-state index in [1.54, 1.807) is 0 Å². The molecular weight excluding hydrogens is 615 g/mol. The number of aromatic nitrogens is 2. The summed E-state index contributed by atoms with van der Waals surface area (Å²) in [5, 5.41) is -9.78. The number of carbonyl (C=O) groups is 2. The van der Waals surface area contributed by atoms with E-state index in [1.165, 1.54) is 9.97 Å². The van der Waals surface area contributed by atoms with E-state index >= 15 is 0 Å². The van der Waals surface area contributed by atoms with Crippen LogP contribution < -0.4 is 22.6 Å². The molecule has 8 nitrogen and oxygen atoms in total. The number of nitrogens with two attached hydrogens (primary N) is 2. The van der Waals surface area contributed by atoms with Crippen molar-refractivity contribution in [2.24, 2.45) is 11.5 Å². The van der Waals surface area contributed by atoms with Crippen LogP contribution in [-0.2, 0) is 11.8 Å². The van der Waals surface area contributed by atoms with Gasteiger partial charge >= 0.3 is 22.6 Å². The summed E-state index contributed by atoms with van der Waals surface area (Å²) < 4.78 is 102. The number of primary amides is 2. The number of carbonyl (C=O) groups excluding carboxylic acids is 2. The van der Waals surface area contributed by atoms with Gasteiger partial charge in [0.2, 0.25) is 0 Å². The van der Waals surface area contributed by atoms with Crippen LogP contribution >= 0.6 is 39.1 Å². The monoisotopic (exact) mass is 622 g/mol. The topological polar surface area (TPSA) is 152 Å². The molecule has 0 radical (unpaired) electrons. The van der Waals surface area contributed by atoms with Gasteiger partial charge in [-0.25, -0.2) is 0 Å². The summed E-state index contributed by atoms with van der Waals surface area (Å²) in [7, 11) is 0. The minimum absolute atomic E-state index is 0.442. The van der Waals surface area contributed by atoms with Gasteiger partial charge in [0.1, 0.15) is 16.8 Å². The lowest BCUT2D eigenvalue weighted by atomic mass is 10.1. The quantitative estimate of drug-likeness (QED) is 0.287. The predicted molar refractivity (Wildman–Crippen MR) is 108 cm³/mol. The largest absolute Gasteiger partial charge is 0.390 e. The lowest BCUT2D eigenvalue weighted by Gasteiger charge is -2.21. The van der Waals surface area contributed by atoms with Crippen LogP contribution in [0.25, 0.3) is 0 Å². The van der Waals surface area contributed by atoms with Crippen molar-refractivity contribution in [2.75, 3.05) is 0 Å². The Morgan fingerprint density at radius 3 is 1.57 bits per heavy atom. The number of amides is 2. The lowest BCUT2D eigenvalue weighted by molar-refractivity contribution is -0.167. The Kier molecular flexibility index (Phi) is 8.80. The number of rotatable bonds is 6. The lowest BCUT2D eigenvalue weighted by Crippen LogP contribution is -2.36. The second-order valence-electron chi connectivity index (χ2n) is 6.22. The van der Waals surface area contributed by atoms with E-state index < -0.39 is 72.5 Å². The van der Waals surface area contributed by atoms with Crippen LogP contribution in [0.2, 0.25) is 0 Å². The molecule has 0 saturated heterocycles. The first-order valence-corrected chi connectivity index (χ1v) is 9.76. The fourth-order valence-electron chi connectivity index (χ4n) is 2.06. The number of aromatic amines is 2. The van der Waals surface area contributed by atoms with E-state index in [1.807, 2.05) is 0 Å². The van der Waals surface area contributed by atoms with Crippen molar-refractivity contribution in [3.8, 4) is 0 Å². The molecule has 19 heteroatoms. The fourth-order valence-corrected chi connectivity index (χ4v) is 2.84. The first-order valence-electron chi connectivity index (χ1n) is 8.21. The number of hydrogen-bond donors (Lipinski definition) is 4. The maximum absolute atomic E-state index is 13.2. The van der Waals surface area contributed by atoms with Crippen LogP contribution in [0.15, 0.2) is 32.3 Å². The van der Waals surface area contributed by atoms with Gasteiger partial charge in [-0.3, -0.25) is 19.2 Å². The molecule has 0 unspecified atom stereocenters. The van der Waals surface area contributed by atoms with Gasteiger partial charge in [0, 0.05) is 4.47 Å². The number of hydrogen-bond acceptors (Lipinski definition) is 4. The van der Waals surface area contributed by atoms with Crippen molar-refractivity contribution in [3.05, 3.63) is 65.9 Å². The van der Waals surface area contributed by atoms with Crippen LogP contribution in [0, 0.1) is 0 Å². The molecule has 2 rings (SSSR count). The Hall–Kier alpha value is -2.66. The Morgan fingerprint density at radius 1 is 0.771 bits per heavy atom. The molecule has 2 amide bonds. The molecule has 2 aromatic rings. The van der Waals surface area contributed by atoms with Crippen LogP contribution in [0.3, 0.4) is 0 Å². The zero-order valence-electron chi connectivity index (χ0n) is 16.2. The van der Waals surface area contributed by atoms with Crippen molar-refractivity contribution in [1.82, 2.24) is 9.97 Å². The first-order chi connectivity index (χ1) is 15.6. The molecule has 0 spiro atoms. The highest BCUT2D eigenvalue weighted by Crippen LogP contribution is 2.46. The maximum atomic E-state index is 13.2. The number of halogens is 11. The van der Waals surface area contributed by atoms with Gasteiger partial charge in [0.25, 0.3) is 22.9 Å². The Labute approximate surface area is 205 Å². The van der Waals surface area contributed by atoms with Gasteiger partial charge in [-0.2, -0.15) is 35.1 Å². The normalized spacial score (nSPS) is 12.5. The summed E-state index contributed by atoms with van der Waals surface area (Å²) in [6.07, 6.45) is 0. The first kappa shape index (κ1) is 30.4. The molecule has 0 bridgehead atoms. The average Bonchev–Trinajstić information content (AvgIpc) is 2.67. The smallest absolute Gasteiger partial charge is 0.365 e. The zero-order valence-corrected chi connectivity index (χ0v) is 19.3. The molecule has 0 aromatic carbocycles. The van der Waals surface area contributed by atoms with Crippen LogP contribution in [-0.4, -0.2) is 32.5 Å². The van der Waals surface area contributed by atoms with Crippen molar-refractivity contribution < 1.29 is 44.7 Å². The molecule has 6 N–H and O–H groups in total. The molecule has 35 heavy (non-hydrogen) atoms. The molecule has 0 fully saturated rings. The van der Waals surface area contributed by atoms with Crippen molar-refractivity contribution in [2.45, 2.75) is 22.6 Å². The number of pyridine rings is 2. The van der Waals surface area contributed by atoms with Crippen molar-refractivity contribution in [3.63, 3.8) is 0 Å². The average molecular weight is 624 g/mol. The van der Waals surface area contributed by atoms with E-state index in [0.717, 1.165) is 0 Å². The fraction of sp³-hybridized carbons (Fsp3) is 0.250. The van der Waals surface area contributed by atoms with E-state index in [0.29, 0.717) is 18.2 Å². The summed E-state index contributed by atoms with van der Waals surface area (Å²) in [5.41, 5.74) is 2.78. The molecule has 0 atom stereocenters. The molecule has 2 heterocycles. The standard InChI is InChI=1S/C8H4BrClF4N2O2.C8H5ClF4N2O2/c9-3-1-2(5(15)17)6(18)16-4(3)7(11,12)8(10,13)14;9-8(12,13)7(10,11)4-2-1-3(5(14)16)6(17)15-4/h1H,(H2,15,17)(H,16,18);1-2H,(H2,14,16)(H,15,17). The number of alkyl halides is 10. The van der Waals surface area contributed by atoms with Crippen LogP contribution in [0.4, 0.5) is 35.1 Å². The second-order valence-corrected chi connectivity index (χ2v) is 8.03. The van der Waals surface area contributed by atoms with Gasteiger partial charge in [-0.15, -0.1) is 0 Å². The summed E-state index contributed by atoms with van der Waals surface area (Å²) in [5.74, 6) is -12.0. The van der Waals surface area contributed by atoms with E-state index in [-0.39, 0.29) is 0 Å². The molecule has 0 aliphatic rings. The minimum Gasteiger partial charge on any atom is -0.365 e. The number of nitrogens with one attached hydrogen (secondary N) is 2. The zero-order chi connectivity index (χ0) is 27.7. The molecule has 0 saturated carbocycles. The van der Waals surface area contributed by atoms with Crippen LogP contribution in [0.1, 0.15) is 32.1 Å².